The lowest BCUT2D eigenvalue weighted by atomic mass is 10.3. The Morgan fingerprint density at radius 1 is 1.80 bits per heavy atom. The molecule has 0 bridgehead atoms. The number of thioether (sulfide) groups is 1. The molecule has 58 valence electrons. The first kappa shape index (κ1) is 7.72. The molecule has 1 fully saturated rings. The smallest absolute Gasteiger partial charge is 0.407 e. The van der Waals surface area contributed by atoms with Crippen LogP contribution in [0.2, 0.25) is 0 Å². The van der Waals surface area contributed by atoms with Crippen LogP contribution in [0.4, 0.5) is 4.79 Å². The maximum Gasteiger partial charge on any atom is 0.407 e. The van der Waals surface area contributed by atoms with Crippen molar-refractivity contribution in [3.05, 3.63) is 0 Å². The Morgan fingerprint density at radius 3 is 2.90 bits per heavy atom. The van der Waals surface area contributed by atoms with E-state index >= 15 is 0 Å². The van der Waals surface area contributed by atoms with E-state index in [4.69, 9.17) is 5.11 Å². The Kier molecular flexibility index (Phi) is 2.43. The van der Waals surface area contributed by atoms with Gasteiger partial charge in [-0.25, -0.2) is 4.79 Å². The first-order chi connectivity index (χ1) is 4.72. The van der Waals surface area contributed by atoms with Gasteiger partial charge in [-0.15, -0.1) is 0 Å². The van der Waals surface area contributed by atoms with Crippen molar-refractivity contribution >= 4 is 17.9 Å². The molecule has 0 aromatic rings. The van der Waals surface area contributed by atoms with Crippen LogP contribution in [0.15, 0.2) is 0 Å². The highest BCUT2D eigenvalue weighted by Gasteiger charge is 2.22. The molecule has 1 heterocycles. The monoisotopic (exact) mass is 161 g/mol. The predicted octanol–water partition coefficient (Wildman–Crippen LogP) is 1.10. The Hall–Kier alpha value is -0.380. The number of nitrogens with zero attached hydrogens (tertiary/aromatic N) is 1. The molecule has 1 rings (SSSR count). The lowest BCUT2D eigenvalue weighted by molar-refractivity contribution is 0.134. The highest BCUT2D eigenvalue weighted by Crippen LogP contribution is 2.15. The predicted molar refractivity (Wildman–Crippen MR) is 41.5 cm³/mol. The fraction of sp³-hybridized carbons (Fsp3) is 0.833. The molecular formula is C6H11NO2S. The second-order valence-corrected chi connectivity index (χ2v) is 3.55. The van der Waals surface area contributed by atoms with Crippen molar-refractivity contribution in [1.82, 2.24) is 4.90 Å². The number of rotatable bonds is 0. The Bertz CT molecular complexity index is 140. The molecule has 0 radical (unpaired) electrons. The molecule has 1 N–H and O–H groups in total. The van der Waals surface area contributed by atoms with Crippen LogP contribution in [0, 0.1) is 0 Å². The van der Waals surface area contributed by atoms with Crippen molar-refractivity contribution in [2.45, 2.75) is 13.0 Å². The van der Waals surface area contributed by atoms with Gasteiger partial charge in [0.25, 0.3) is 0 Å². The van der Waals surface area contributed by atoms with Gasteiger partial charge in [-0.2, -0.15) is 11.8 Å². The minimum Gasteiger partial charge on any atom is -0.465 e. The van der Waals surface area contributed by atoms with Crippen molar-refractivity contribution in [2.75, 3.05) is 18.1 Å². The summed E-state index contributed by atoms with van der Waals surface area (Å²) in [4.78, 5) is 12.0. The van der Waals surface area contributed by atoms with Gasteiger partial charge in [0.2, 0.25) is 0 Å². The van der Waals surface area contributed by atoms with Crippen LogP contribution < -0.4 is 0 Å². The van der Waals surface area contributed by atoms with Gasteiger partial charge in [0.1, 0.15) is 0 Å². The number of carbonyl (C=O) groups is 1. The summed E-state index contributed by atoms with van der Waals surface area (Å²) in [6.45, 7) is 2.63. The number of hydrogen-bond acceptors (Lipinski definition) is 2. The van der Waals surface area contributed by atoms with Crippen LogP contribution in [0.25, 0.3) is 0 Å². The molecule has 1 atom stereocenters. The fourth-order valence-electron chi connectivity index (χ4n) is 1.01. The summed E-state index contributed by atoms with van der Waals surface area (Å²) < 4.78 is 0. The van der Waals surface area contributed by atoms with E-state index < -0.39 is 6.09 Å². The van der Waals surface area contributed by atoms with Gasteiger partial charge in [0, 0.05) is 24.1 Å². The van der Waals surface area contributed by atoms with E-state index in [1.165, 1.54) is 4.90 Å². The van der Waals surface area contributed by atoms with Crippen LogP contribution in [0.5, 0.6) is 0 Å². The molecule has 0 saturated carbocycles. The molecule has 1 aliphatic heterocycles. The summed E-state index contributed by atoms with van der Waals surface area (Å²) >= 11 is 1.82. The van der Waals surface area contributed by atoms with Crippen LogP contribution in [-0.4, -0.2) is 40.2 Å². The summed E-state index contributed by atoms with van der Waals surface area (Å²) in [5.41, 5.74) is 0. The van der Waals surface area contributed by atoms with Crippen LogP contribution in [-0.2, 0) is 0 Å². The quantitative estimate of drug-likeness (QED) is 0.578. The number of amides is 1. The summed E-state index contributed by atoms with van der Waals surface area (Å²) in [5, 5.41) is 8.63. The molecule has 0 aromatic heterocycles. The zero-order valence-corrected chi connectivity index (χ0v) is 6.73. The highest BCUT2D eigenvalue weighted by molar-refractivity contribution is 7.99. The Morgan fingerprint density at radius 2 is 2.50 bits per heavy atom. The van der Waals surface area contributed by atoms with E-state index in [2.05, 4.69) is 0 Å². The van der Waals surface area contributed by atoms with E-state index in [9.17, 15) is 4.79 Å². The van der Waals surface area contributed by atoms with Gasteiger partial charge >= 0.3 is 6.09 Å². The van der Waals surface area contributed by atoms with E-state index in [-0.39, 0.29) is 6.04 Å². The highest BCUT2D eigenvalue weighted by atomic mass is 32.2. The van der Waals surface area contributed by atoms with E-state index in [1.54, 1.807) is 0 Å². The van der Waals surface area contributed by atoms with Crippen molar-refractivity contribution in [3.8, 4) is 0 Å². The first-order valence-electron chi connectivity index (χ1n) is 3.29. The summed E-state index contributed by atoms with van der Waals surface area (Å²) in [6.07, 6.45) is -0.784. The molecule has 1 aliphatic rings. The lowest BCUT2D eigenvalue weighted by Gasteiger charge is -2.30. The zero-order chi connectivity index (χ0) is 7.56. The maximum absolute atomic E-state index is 10.5. The number of carboxylic acid groups (broad SMARTS) is 1. The summed E-state index contributed by atoms with van der Waals surface area (Å²) in [6, 6.07) is 0.191. The second kappa shape index (κ2) is 3.14. The van der Waals surface area contributed by atoms with E-state index in [1.807, 2.05) is 18.7 Å². The van der Waals surface area contributed by atoms with Gasteiger partial charge < -0.3 is 10.0 Å². The molecule has 0 spiro atoms. The van der Waals surface area contributed by atoms with Gasteiger partial charge in [-0.05, 0) is 6.92 Å². The third-order valence-corrected chi connectivity index (χ3v) is 2.80. The first-order valence-corrected chi connectivity index (χ1v) is 4.44. The Balaban J connectivity index is 2.47. The molecule has 1 unspecified atom stereocenters. The van der Waals surface area contributed by atoms with Gasteiger partial charge in [0.15, 0.2) is 0 Å². The average Bonchev–Trinajstić information content (AvgIpc) is 1.88. The standard InChI is InChI=1S/C6H11NO2S/c1-5-4-10-3-2-7(5)6(8)9/h5H,2-4H2,1H3,(H,8,9). The van der Waals surface area contributed by atoms with Crippen molar-refractivity contribution in [3.63, 3.8) is 0 Å². The maximum atomic E-state index is 10.5. The molecule has 4 heteroatoms. The molecule has 0 aromatic carbocycles. The van der Waals surface area contributed by atoms with Crippen molar-refractivity contribution in [1.29, 1.82) is 0 Å². The topological polar surface area (TPSA) is 40.5 Å². The third-order valence-electron chi connectivity index (χ3n) is 1.61. The number of hydrogen-bond donors (Lipinski definition) is 1. The minimum atomic E-state index is -0.784. The van der Waals surface area contributed by atoms with E-state index in [0.29, 0.717) is 6.54 Å². The molecule has 1 amide bonds. The van der Waals surface area contributed by atoms with Crippen LogP contribution in [0.3, 0.4) is 0 Å². The molecule has 10 heavy (non-hydrogen) atoms. The van der Waals surface area contributed by atoms with Gasteiger partial charge in [-0.3, -0.25) is 0 Å². The summed E-state index contributed by atoms with van der Waals surface area (Å²) in [5.74, 6) is 1.88. The summed E-state index contributed by atoms with van der Waals surface area (Å²) in [7, 11) is 0. The van der Waals surface area contributed by atoms with Crippen molar-refractivity contribution in [2.24, 2.45) is 0 Å². The lowest BCUT2D eigenvalue weighted by Crippen LogP contribution is -2.43. The van der Waals surface area contributed by atoms with Crippen molar-refractivity contribution < 1.29 is 9.90 Å². The zero-order valence-electron chi connectivity index (χ0n) is 5.91. The molecular weight excluding hydrogens is 150 g/mol. The average molecular weight is 161 g/mol. The normalized spacial score (nSPS) is 26.5. The van der Waals surface area contributed by atoms with Gasteiger partial charge in [-0.1, -0.05) is 0 Å². The van der Waals surface area contributed by atoms with Crippen LogP contribution >= 0.6 is 11.8 Å². The van der Waals surface area contributed by atoms with Gasteiger partial charge in [0.05, 0.1) is 0 Å². The van der Waals surface area contributed by atoms with E-state index in [0.717, 1.165) is 11.5 Å². The second-order valence-electron chi connectivity index (χ2n) is 2.40. The minimum absolute atomic E-state index is 0.191. The van der Waals surface area contributed by atoms with Crippen LogP contribution in [0.1, 0.15) is 6.92 Å². The Labute approximate surface area is 64.4 Å². The molecule has 3 nitrogen and oxygen atoms in total. The molecule has 0 aliphatic carbocycles. The molecule has 1 saturated heterocycles. The SMILES string of the molecule is CC1CSCCN1C(=O)O. The largest absolute Gasteiger partial charge is 0.465 e. The fourth-order valence-corrected chi connectivity index (χ4v) is 2.02. The third kappa shape index (κ3) is 1.56.